The van der Waals surface area contributed by atoms with E-state index in [0.717, 1.165) is 23.4 Å². The third-order valence-corrected chi connectivity index (χ3v) is 6.52. The second kappa shape index (κ2) is 7.18. The molecule has 29 heavy (non-hydrogen) atoms. The Kier molecular flexibility index (Phi) is 4.50. The van der Waals surface area contributed by atoms with Gasteiger partial charge in [0.2, 0.25) is 5.88 Å². The molecule has 1 fully saturated rings. The lowest BCUT2D eigenvalue weighted by atomic mass is 9.93. The number of aromatic nitrogens is 2. The molecule has 2 aliphatic rings. The minimum atomic E-state index is -0.236. The molecule has 3 aromatic rings. The van der Waals surface area contributed by atoms with Crippen molar-refractivity contribution in [3.63, 3.8) is 0 Å². The van der Waals surface area contributed by atoms with Crippen LogP contribution in [0.5, 0.6) is 11.6 Å². The minimum Gasteiger partial charge on any atom is -0.438 e. The number of nitrogens with zero attached hydrogens (tertiary/aromatic N) is 2. The molecule has 1 saturated carbocycles. The molecule has 1 aromatic heterocycles. The van der Waals surface area contributed by atoms with Gasteiger partial charge in [-0.15, -0.1) is 0 Å². The Hall–Kier alpha value is -2.88. The summed E-state index contributed by atoms with van der Waals surface area (Å²) in [6.45, 7) is 4.91. The molecule has 5 rings (SSSR count). The maximum Gasteiger partial charge on any atom is 0.351 e. The minimum absolute atomic E-state index is 0.236. The van der Waals surface area contributed by atoms with Crippen molar-refractivity contribution in [1.29, 1.82) is 0 Å². The lowest BCUT2D eigenvalue weighted by Gasteiger charge is -2.23. The highest BCUT2D eigenvalue weighted by Crippen LogP contribution is 2.40. The fraction of sp³-hybridized carbons (Fsp3) is 0.360. The SMILES string of the molecule is Cc1cc2c(cc1C)-c1cc(Oc3ccccc3C3CCCC3)nc(=O)n1CC2. The Morgan fingerprint density at radius 1 is 1.03 bits per heavy atom. The van der Waals surface area contributed by atoms with Gasteiger partial charge in [0.25, 0.3) is 0 Å². The van der Waals surface area contributed by atoms with Crippen LogP contribution < -0.4 is 10.4 Å². The van der Waals surface area contributed by atoms with Crippen LogP contribution in [-0.4, -0.2) is 9.55 Å². The number of para-hydroxylation sites is 1. The monoisotopic (exact) mass is 386 g/mol. The summed E-state index contributed by atoms with van der Waals surface area (Å²) in [4.78, 5) is 17.0. The highest BCUT2D eigenvalue weighted by atomic mass is 16.5. The number of benzene rings is 2. The number of fused-ring (bicyclic) bond motifs is 3. The third kappa shape index (κ3) is 3.27. The van der Waals surface area contributed by atoms with Crippen molar-refractivity contribution >= 4 is 0 Å². The van der Waals surface area contributed by atoms with Crippen molar-refractivity contribution in [2.24, 2.45) is 0 Å². The molecule has 1 aliphatic heterocycles. The van der Waals surface area contributed by atoms with E-state index in [1.54, 1.807) is 4.57 Å². The lowest BCUT2D eigenvalue weighted by Crippen LogP contribution is -2.28. The first-order valence-corrected chi connectivity index (χ1v) is 10.6. The molecule has 4 heteroatoms. The smallest absolute Gasteiger partial charge is 0.351 e. The molecule has 0 atom stereocenters. The zero-order valence-corrected chi connectivity index (χ0v) is 17.1. The predicted molar refractivity (Wildman–Crippen MR) is 115 cm³/mol. The number of ether oxygens (including phenoxy) is 1. The van der Waals surface area contributed by atoms with Gasteiger partial charge in [-0.1, -0.05) is 37.1 Å². The van der Waals surface area contributed by atoms with Gasteiger partial charge in [-0.3, -0.25) is 4.57 Å². The topological polar surface area (TPSA) is 44.1 Å². The fourth-order valence-corrected chi connectivity index (χ4v) is 4.79. The van der Waals surface area contributed by atoms with E-state index in [9.17, 15) is 4.79 Å². The average Bonchev–Trinajstić information content (AvgIpc) is 3.24. The van der Waals surface area contributed by atoms with Crippen molar-refractivity contribution < 1.29 is 4.74 Å². The Morgan fingerprint density at radius 3 is 2.62 bits per heavy atom. The molecule has 148 valence electrons. The van der Waals surface area contributed by atoms with Gasteiger partial charge in [0, 0.05) is 18.2 Å². The molecular formula is C25H26N2O2. The first-order valence-electron chi connectivity index (χ1n) is 10.6. The highest BCUT2D eigenvalue weighted by molar-refractivity contribution is 5.68. The Morgan fingerprint density at radius 2 is 1.79 bits per heavy atom. The summed E-state index contributed by atoms with van der Waals surface area (Å²) < 4.78 is 7.98. The van der Waals surface area contributed by atoms with Crippen LogP contribution in [-0.2, 0) is 13.0 Å². The average molecular weight is 386 g/mol. The van der Waals surface area contributed by atoms with Gasteiger partial charge in [-0.05, 0) is 73.4 Å². The molecule has 0 radical (unpaired) electrons. The summed E-state index contributed by atoms with van der Waals surface area (Å²) in [5.41, 5.74) is 6.83. The van der Waals surface area contributed by atoms with Crippen LogP contribution in [0.3, 0.4) is 0 Å². The number of hydrogen-bond acceptors (Lipinski definition) is 3. The zero-order valence-electron chi connectivity index (χ0n) is 17.1. The van der Waals surface area contributed by atoms with Gasteiger partial charge >= 0.3 is 5.69 Å². The number of rotatable bonds is 3. The maximum atomic E-state index is 12.7. The van der Waals surface area contributed by atoms with Crippen LogP contribution in [0.2, 0.25) is 0 Å². The third-order valence-electron chi connectivity index (χ3n) is 6.52. The summed E-state index contributed by atoms with van der Waals surface area (Å²) in [5.74, 6) is 1.75. The molecule has 2 heterocycles. The fourth-order valence-electron chi connectivity index (χ4n) is 4.79. The molecular weight excluding hydrogens is 360 g/mol. The Bertz CT molecular complexity index is 1140. The summed E-state index contributed by atoms with van der Waals surface area (Å²) in [7, 11) is 0. The lowest BCUT2D eigenvalue weighted by molar-refractivity contribution is 0.443. The second-order valence-electron chi connectivity index (χ2n) is 8.38. The predicted octanol–water partition coefficient (Wildman–Crippen LogP) is 5.53. The summed E-state index contributed by atoms with van der Waals surface area (Å²) in [6.07, 6.45) is 5.80. The van der Waals surface area contributed by atoms with Crippen LogP contribution in [0.15, 0.2) is 47.3 Å². The molecule has 0 saturated heterocycles. The number of hydrogen-bond donors (Lipinski definition) is 0. The second-order valence-corrected chi connectivity index (χ2v) is 8.38. The van der Waals surface area contributed by atoms with Gasteiger partial charge < -0.3 is 4.74 Å². The molecule has 4 nitrogen and oxygen atoms in total. The van der Waals surface area contributed by atoms with E-state index >= 15 is 0 Å². The zero-order chi connectivity index (χ0) is 20.0. The van der Waals surface area contributed by atoms with E-state index in [2.05, 4.69) is 43.1 Å². The van der Waals surface area contributed by atoms with Crippen molar-refractivity contribution in [3.05, 3.63) is 75.2 Å². The van der Waals surface area contributed by atoms with Gasteiger partial charge in [-0.2, -0.15) is 4.98 Å². The van der Waals surface area contributed by atoms with E-state index in [1.165, 1.54) is 47.9 Å². The summed E-state index contributed by atoms with van der Waals surface area (Å²) >= 11 is 0. The van der Waals surface area contributed by atoms with Crippen LogP contribution >= 0.6 is 0 Å². The quantitative estimate of drug-likeness (QED) is 0.594. The van der Waals surface area contributed by atoms with Crippen LogP contribution in [0.25, 0.3) is 11.3 Å². The largest absolute Gasteiger partial charge is 0.438 e. The van der Waals surface area contributed by atoms with E-state index in [1.807, 2.05) is 18.2 Å². The van der Waals surface area contributed by atoms with Crippen molar-refractivity contribution in [2.45, 2.75) is 58.4 Å². The van der Waals surface area contributed by atoms with Gasteiger partial charge in [-0.25, -0.2) is 4.79 Å². The van der Waals surface area contributed by atoms with Crippen LogP contribution in [0.1, 0.15) is 53.9 Å². The van der Waals surface area contributed by atoms with Crippen LogP contribution in [0.4, 0.5) is 0 Å². The van der Waals surface area contributed by atoms with Gasteiger partial charge in [0.15, 0.2) is 0 Å². The molecule has 2 aromatic carbocycles. The normalized spacial score (nSPS) is 15.8. The molecule has 0 N–H and O–H groups in total. The summed E-state index contributed by atoms with van der Waals surface area (Å²) in [6, 6.07) is 14.6. The highest BCUT2D eigenvalue weighted by Gasteiger charge is 2.23. The standard InChI is InChI=1S/C25H26N2O2/c1-16-13-19-11-12-27-22(21(19)14-17(16)2)15-24(26-25(27)28)29-23-10-6-5-9-20(23)18-7-3-4-8-18/h5-6,9-10,13-15,18H,3-4,7-8,11-12H2,1-2H3. The molecule has 1 aliphatic carbocycles. The molecule has 0 amide bonds. The first-order chi connectivity index (χ1) is 14.1. The van der Waals surface area contributed by atoms with E-state index in [4.69, 9.17) is 4.74 Å². The van der Waals surface area contributed by atoms with Gasteiger partial charge in [0.1, 0.15) is 5.75 Å². The van der Waals surface area contributed by atoms with E-state index in [0.29, 0.717) is 18.3 Å². The van der Waals surface area contributed by atoms with E-state index in [-0.39, 0.29) is 5.69 Å². The van der Waals surface area contributed by atoms with Crippen molar-refractivity contribution in [3.8, 4) is 22.9 Å². The summed E-state index contributed by atoms with van der Waals surface area (Å²) in [5, 5.41) is 0. The van der Waals surface area contributed by atoms with E-state index < -0.39 is 0 Å². The maximum absolute atomic E-state index is 12.7. The Labute approximate surface area is 171 Å². The van der Waals surface area contributed by atoms with Crippen molar-refractivity contribution in [1.82, 2.24) is 9.55 Å². The first kappa shape index (κ1) is 18.2. The molecule has 0 unspecified atom stereocenters. The Balaban J connectivity index is 1.57. The van der Waals surface area contributed by atoms with Gasteiger partial charge in [0.05, 0.1) is 5.69 Å². The van der Waals surface area contributed by atoms with Crippen LogP contribution in [0, 0.1) is 13.8 Å². The van der Waals surface area contributed by atoms with Crippen molar-refractivity contribution in [2.75, 3.05) is 0 Å². The number of aryl methyl sites for hydroxylation is 3. The molecule has 0 bridgehead atoms. The molecule has 0 spiro atoms.